The topological polar surface area (TPSA) is 0 Å². The zero-order chi connectivity index (χ0) is 14.9. The first-order valence-corrected chi connectivity index (χ1v) is 7.79. The molecular formula is C22H17. The van der Waals surface area contributed by atoms with Crippen LogP contribution in [0.4, 0.5) is 0 Å². The Labute approximate surface area is 131 Å². The van der Waals surface area contributed by atoms with Crippen LogP contribution in [0.25, 0.3) is 33.0 Å². The lowest BCUT2D eigenvalue weighted by molar-refractivity contribution is 1.15. The lowest BCUT2D eigenvalue weighted by Crippen LogP contribution is -1.85. The molecule has 0 amide bonds. The van der Waals surface area contributed by atoms with Gasteiger partial charge >= 0.3 is 0 Å². The minimum atomic E-state index is 0.997. The highest BCUT2D eigenvalue weighted by Gasteiger charge is 2.17. The van der Waals surface area contributed by atoms with Gasteiger partial charge in [-0.25, -0.2) is 0 Å². The number of benzene rings is 2. The second-order valence-corrected chi connectivity index (χ2v) is 5.60. The smallest absolute Gasteiger partial charge is 0.00575 e. The fourth-order valence-corrected chi connectivity index (χ4v) is 3.28. The van der Waals surface area contributed by atoms with Gasteiger partial charge in [0.15, 0.2) is 0 Å². The minimum Gasteiger partial charge on any atom is -0.0622 e. The van der Waals surface area contributed by atoms with Crippen molar-refractivity contribution < 1.29 is 0 Å². The van der Waals surface area contributed by atoms with E-state index in [0.717, 1.165) is 6.42 Å². The highest BCUT2D eigenvalue weighted by atomic mass is 14.2. The maximum absolute atomic E-state index is 3.60. The molecule has 1 radical (unpaired) electrons. The van der Waals surface area contributed by atoms with Gasteiger partial charge in [-0.3, -0.25) is 0 Å². The highest BCUT2D eigenvalue weighted by molar-refractivity contribution is 6.02. The Bertz CT molecular complexity index is 913. The van der Waals surface area contributed by atoms with E-state index in [1.54, 1.807) is 0 Å². The number of hydrogen-bond donors (Lipinski definition) is 0. The second kappa shape index (κ2) is 5.31. The van der Waals surface area contributed by atoms with Crippen molar-refractivity contribution in [3.05, 3.63) is 84.4 Å². The van der Waals surface area contributed by atoms with Gasteiger partial charge in [0.05, 0.1) is 0 Å². The van der Waals surface area contributed by atoms with Crippen LogP contribution in [0, 0.1) is 6.07 Å². The van der Waals surface area contributed by atoms with Crippen LogP contribution in [0.1, 0.15) is 12.5 Å². The van der Waals surface area contributed by atoms with Gasteiger partial charge < -0.3 is 0 Å². The van der Waals surface area contributed by atoms with Crippen LogP contribution in [-0.2, 0) is 6.42 Å². The Balaban J connectivity index is 2.10. The first-order chi connectivity index (χ1) is 10.9. The van der Waals surface area contributed by atoms with E-state index >= 15 is 0 Å². The first kappa shape index (κ1) is 13.1. The van der Waals surface area contributed by atoms with Crippen LogP contribution >= 0.6 is 0 Å². The van der Waals surface area contributed by atoms with E-state index in [9.17, 15) is 0 Å². The minimum absolute atomic E-state index is 0.997. The van der Waals surface area contributed by atoms with Crippen molar-refractivity contribution in [1.82, 2.24) is 0 Å². The number of rotatable bonds is 2. The second-order valence-electron chi connectivity index (χ2n) is 5.60. The molecule has 2 aromatic carbocycles. The number of fused-ring (bicyclic) bond motifs is 2. The predicted molar refractivity (Wildman–Crippen MR) is 94.2 cm³/mol. The van der Waals surface area contributed by atoms with Gasteiger partial charge in [-0.15, -0.1) is 0 Å². The van der Waals surface area contributed by atoms with Gasteiger partial charge in [-0.05, 0) is 51.1 Å². The van der Waals surface area contributed by atoms with Crippen molar-refractivity contribution in [3.8, 4) is 22.3 Å². The average molecular weight is 281 g/mol. The monoisotopic (exact) mass is 281 g/mol. The van der Waals surface area contributed by atoms with Gasteiger partial charge in [0.2, 0.25) is 0 Å². The van der Waals surface area contributed by atoms with Gasteiger partial charge in [0.1, 0.15) is 0 Å². The Hall–Kier alpha value is -2.60. The molecule has 2 aliphatic carbocycles. The van der Waals surface area contributed by atoms with Crippen molar-refractivity contribution in [2.45, 2.75) is 13.3 Å². The van der Waals surface area contributed by atoms with E-state index in [0.29, 0.717) is 0 Å². The molecule has 0 spiro atoms. The Kier molecular flexibility index (Phi) is 3.16. The van der Waals surface area contributed by atoms with Gasteiger partial charge in [0.25, 0.3) is 0 Å². The lowest BCUT2D eigenvalue weighted by atomic mass is 9.94. The molecule has 22 heavy (non-hydrogen) atoms. The first-order valence-electron chi connectivity index (χ1n) is 7.79. The molecule has 0 saturated carbocycles. The lowest BCUT2D eigenvalue weighted by Gasteiger charge is -2.09. The van der Waals surface area contributed by atoms with E-state index in [1.807, 2.05) is 0 Å². The molecule has 0 nitrogen and oxygen atoms in total. The molecule has 0 bridgehead atoms. The normalized spacial score (nSPS) is 11.1. The van der Waals surface area contributed by atoms with Crippen LogP contribution in [0.2, 0.25) is 0 Å². The molecule has 105 valence electrons. The number of aryl methyl sites for hydroxylation is 1. The third-order valence-corrected chi connectivity index (χ3v) is 4.31. The van der Waals surface area contributed by atoms with Gasteiger partial charge in [0, 0.05) is 0 Å². The third-order valence-electron chi connectivity index (χ3n) is 4.31. The molecule has 2 aromatic rings. The van der Waals surface area contributed by atoms with Crippen molar-refractivity contribution in [2.24, 2.45) is 0 Å². The van der Waals surface area contributed by atoms with Crippen LogP contribution in [0.3, 0.4) is 0 Å². The summed E-state index contributed by atoms with van der Waals surface area (Å²) in [6, 6.07) is 29.4. The molecule has 0 N–H and O–H groups in total. The summed E-state index contributed by atoms with van der Waals surface area (Å²) in [6.07, 6.45) is 0.997. The molecule has 0 atom stereocenters. The SMILES string of the molecule is CCc1[c]c2cccccc-2c1-c1cccc2ccccc12. The summed E-state index contributed by atoms with van der Waals surface area (Å²) in [7, 11) is 0. The quantitative estimate of drug-likeness (QED) is 0.424. The molecule has 0 heterocycles. The molecule has 0 aliphatic heterocycles. The number of hydrogen-bond acceptors (Lipinski definition) is 0. The molecule has 0 saturated heterocycles. The Morgan fingerprint density at radius 3 is 2.36 bits per heavy atom. The van der Waals surface area contributed by atoms with Crippen molar-refractivity contribution in [3.63, 3.8) is 0 Å². The van der Waals surface area contributed by atoms with Crippen LogP contribution in [0.15, 0.2) is 72.8 Å². The van der Waals surface area contributed by atoms with Gasteiger partial charge in [-0.1, -0.05) is 79.7 Å². The largest absolute Gasteiger partial charge is 0.0622 e. The summed E-state index contributed by atoms with van der Waals surface area (Å²) >= 11 is 0. The zero-order valence-electron chi connectivity index (χ0n) is 12.6. The van der Waals surface area contributed by atoms with E-state index < -0.39 is 0 Å². The molecule has 0 heteroatoms. The van der Waals surface area contributed by atoms with E-state index in [4.69, 9.17) is 0 Å². The standard InChI is InChI=1S/C22H17/c1-2-16-15-18-10-4-3-5-13-20(18)22(16)21-14-8-11-17-9-6-7-12-19(17)21/h3-14H,2H2,1H3. The van der Waals surface area contributed by atoms with Gasteiger partial charge in [-0.2, -0.15) is 0 Å². The molecular weight excluding hydrogens is 264 g/mol. The summed E-state index contributed by atoms with van der Waals surface area (Å²) < 4.78 is 0. The maximum Gasteiger partial charge on any atom is -0.00575 e. The van der Waals surface area contributed by atoms with Crippen LogP contribution in [0.5, 0.6) is 0 Å². The molecule has 0 unspecified atom stereocenters. The molecule has 0 fully saturated rings. The summed E-state index contributed by atoms with van der Waals surface area (Å²) in [5.74, 6) is 0. The zero-order valence-corrected chi connectivity index (χ0v) is 12.6. The summed E-state index contributed by atoms with van der Waals surface area (Å²) in [6.45, 7) is 2.21. The predicted octanol–water partition coefficient (Wildman–Crippen LogP) is 5.97. The molecule has 2 aliphatic rings. The maximum atomic E-state index is 3.60. The fourth-order valence-electron chi connectivity index (χ4n) is 3.28. The Morgan fingerprint density at radius 1 is 0.727 bits per heavy atom. The molecule has 4 rings (SSSR count). The van der Waals surface area contributed by atoms with Crippen molar-refractivity contribution in [2.75, 3.05) is 0 Å². The summed E-state index contributed by atoms with van der Waals surface area (Å²) in [4.78, 5) is 0. The third kappa shape index (κ3) is 2.00. The van der Waals surface area contributed by atoms with Crippen LogP contribution in [-0.4, -0.2) is 0 Å². The van der Waals surface area contributed by atoms with E-state index in [-0.39, 0.29) is 0 Å². The molecule has 0 aromatic heterocycles. The average Bonchev–Trinajstić information content (AvgIpc) is 2.75. The van der Waals surface area contributed by atoms with E-state index in [2.05, 4.69) is 85.8 Å². The van der Waals surface area contributed by atoms with Crippen LogP contribution < -0.4 is 0 Å². The van der Waals surface area contributed by atoms with Crippen molar-refractivity contribution in [1.29, 1.82) is 0 Å². The summed E-state index contributed by atoms with van der Waals surface area (Å²) in [5.41, 5.74) is 6.44. The summed E-state index contributed by atoms with van der Waals surface area (Å²) in [5, 5.41) is 2.60. The fraction of sp³-hybridized carbons (Fsp3) is 0.0909. The van der Waals surface area contributed by atoms with E-state index in [1.165, 1.54) is 38.6 Å². The van der Waals surface area contributed by atoms with Crippen molar-refractivity contribution >= 4 is 10.8 Å². The Morgan fingerprint density at radius 2 is 1.45 bits per heavy atom. The highest BCUT2D eigenvalue weighted by Crippen LogP contribution is 2.41.